The molecule has 1 heterocycles. The summed E-state index contributed by atoms with van der Waals surface area (Å²) >= 11 is 0. The van der Waals surface area contributed by atoms with Gasteiger partial charge < -0.3 is 20.1 Å². The van der Waals surface area contributed by atoms with E-state index >= 15 is 0 Å². The molecule has 1 fully saturated rings. The summed E-state index contributed by atoms with van der Waals surface area (Å²) in [6.45, 7) is 3.92. The van der Waals surface area contributed by atoms with Crippen LogP contribution in [0.4, 0.5) is 0 Å². The zero-order chi connectivity index (χ0) is 19.1. The monoisotopic (exact) mass is 374 g/mol. The Morgan fingerprint density at radius 2 is 1.81 bits per heavy atom. The third-order valence-corrected chi connectivity index (χ3v) is 5.69. The third-order valence-electron chi connectivity index (χ3n) is 5.69. The smallest absolute Gasteiger partial charge is 0.191 e. The molecular formula is C21H34N4O2. The summed E-state index contributed by atoms with van der Waals surface area (Å²) in [4.78, 5) is 6.87. The summed E-state index contributed by atoms with van der Waals surface area (Å²) < 4.78 is 10.9. The predicted molar refractivity (Wildman–Crippen MR) is 110 cm³/mol. The molecule has 3 rings (SSSR count). The molecule has 0 amide bonds. The second kappa shape index (κ2) is 9.83. The number of guanidine groups is 1. The number of hydrogen-bond acceptors (Lipinski definition) is 4. The molecule has 0 saturated heterocycles. The van der Waals surface area contributed by atoms with E-state index in [-0.39, 0.29) is 0 Å². The number of rotatable bonds is 6. The summed E-state index contributed by atoms with van der Waals surface area (Å²) in [5.41, 5.74) is 2.70. The van der Waals surface area contributed by atoms with E-state index in [1.165, 1.54) is 43.2 Å². The average Bonchev–Trinajstić information content (AvgIpc) is 2.72. The topological polar surface area (TPSA) is 58.1 Å². The second-order valence-corrected chi connectivity index (χ2v) is 7.48. The van der Waals surface area contributed by atoms with Crippen molar-refractivity contribution >= 4 is 5.96 Å². The van der Waals surface area contributed by atoms with E-state index in [4.69, 9.17) is 9.47 Å². The Morgan fingerprint density at radius 3 is 2.48 bits per heavy atom. The molecule has 1 aliphatic heterocycles. The lowest BCUT2D eigenvalue weighted by Crippen LogP contribution is -2.46. The van der Waals surface area contributed by atoms with E-state index in [0.717, 1.165) is 50.1 Å². The average molecular weight is 375 g/mol. The number of nitrogens with zero attached hydrogens (tertiary/aromatic N) is 2. The van der Waals surface area contributed by atoms with E-state index in [1.54, 1.807) is 14.2 Å². The second-order valence-electron chi connectivity index (χ2n) is 7.48. The van der Waals surface area contributed by atoms with Crippen molar-refractivity contribution in [3.63, 3.8) is 0 Å². The first kappa shape index (κ1) is 19.8. The molecule has 27 heavy (non-hydrogen) atoms. The highest BCUT2D eigenvalue weighted by Gasteiger charge is 2.19. The summed E-state index contributed by atoms with van der Waals surface area (Å²) in [6, 6.07) is 4.83. The molecular weight excluding hydrogens is 340 g/mol. The van der Waals surface area contributed by atoms with Crippen molar-refractivity contribution in [3.8, 4) is 11.5 Å². The van der Waals surface area contributed by atoms with Crippen molar-refractivity contribution in [1.29, 1.82) is 0 Å². The van der Waals surface area contributed by atoms with Crippen LogP contribution in [-0.2, 0) is 13.0 Å². The van der Waals surface area contributed by atoms with Gasteiger partial charge in [0.25, 0.3) is 0 Å². The van der Waals surface area contributed by atoms with Gasteiger partial charge in [-0.2, -0.15) is 0 Å². The Balaban J connectivity index is 1.48. The highest BCUT2D eigenvalue weighted by molar-refractivity contribution is 5.79. The first-order valence-corrected chi connectivity index (χ1v) is 10.2. The van der Waals surface area contributed by atoms with Gasteiger partial charge in [-0.3, -0.25) is 9.89 Å². The van der Waals surface area contributed by atoms with Gasteiger partial charge in [-0.15, -0.1) is 0 Å². The molecule has 1 aromatic carbocycles. The summed E-state index contributed by atoms with van der Waals surface area (Å²) in [6.07, 6.45) is 7.60. The highest BCUT2D eigenvalue weighted by Crippen LogP contribution is 2.33. The number of hydrogen-bond donors (Lipinski definition) is 2. The standard InChI is InChI=1S/C21H34N4O2/c1-22-21(24-18-7-5-4-6-8-18)23-10-12-25-11-9-16-13-19(26-2)20(27-3)14-17(16)15-25/h13-14,18H,4-12,15H2,1-3H3,(H2,22,23,24). The van der Waals surface area contributed by atoms with Crippen molar-refractivity contribution in [2.45, 2.75) is 51.1 Å². The number of fused-ring (bicyclic) bond motifs is 1. The third kappa shape index (κ3) is 5.28. The van der Waals surface area contributed by atoms with Gasteiger partial charge in [0, 0.05) is 39.3 Å². The molecule has 6 nitrogen and oxygen atoms in total. The molecule has 150 valence electrons. The lowest BCUT2D eigenvalue weighted by atomic mass is 9.96. The number of methoxy groups -OCH3 is 2. The molecule has 6 heteroatoms. The van der Waals surface area contributed by atoms with Crippen LogP contribution in [0.15, 0.2) is 17.1 Å². The molecule has 0 atom stereocenters. The van der Waals surface area contributed by atoms with Crippen LogP contribution >= 0.6 is 0 Å². The van der Waals surface area contributed by atoms with E-state index in [0.29, 0.717) is 6.04 Å². The minimum absolute atomic E-state index is 0.578. The number of nitrogens with one attached hydrogen (secondary N) is 2. The van der Waals surface area contributed by atoms with Crippen molar-refractivity contribution in [1.82, 2.24) is 15.5 Å². The highest BCUT2D eigenvalue weighted by atomic mass is 16.5. The van der Waals surface area contributed by atoms with Gasteiger partial charge in [0.2, 0.25) is 0 Å². The van der Waals surface area contributed by atoms with Crippen LogP contribution in [0.25, 0.3) is 0 Å². The van der Waals surface area contributed by atoms with E-state index in [2.05, 4.69) is 32.7 Å². The largest absolute Gasteiger partial charge is 0.493 e. The maximum Gasteiger partial charge on any atom is 0.191 e. The quantitative estimate of drug-likeness (QED) is 0.592. The summed E-state index contributed by atoms with van der Waals surface area (Å²) in [5.74, 6) is 2.57. The van der Waals surface area contributed by atoms with Gasteiger partial charge in [-0.1, -0.05) is 19.3 Å². The SMILES string of the molecule is CN=C(NCCN1CCc2cc(OC)c(OC)cc2C1)NC1CCCCC1. The lowest BCUT2D eigenvalue weighted by Gasteiger charge is -2.30. The van der Waals surface area contributed by atoms with E-state index in [1.807, 2.05) is 7.05 Å². The molecule has 0 unspecified atom stereocenters. The van der Waals surface area contributed by atoms with Crippen LogP contribution in [0.3, 0.4) is 0 Å². The fraction of sp³-hybridized carbons (Fsp3) is 0.667. The normalized spacial score (nSPS) is 18.7. The summed E-state index contributed by atoms with van der Waals surface area (Å²) in [7, 11) is 5.24. The predicted octanol–water partition coefficient (Wildman–Crippen LogP) is 2.56. The van der Waals surface area contributed by atoms with Gasteiger partial charge in [-0.05, 0) is 42.5 Å². The van der Waals surface area contributed by atoms with Crippen molar-refractivity contribution in [2.75, 3.05) is 40.9 Å². The number of ether oxygens (including phenoxy) is 2. The van der Waals surface area contributed by atoms with Crippen molar-refractivity contribution < 1.29 is 9.47 Å². The van der Waals surface area contributed by atoms with Crippen LogP contribution in [-0.4, -0.2) is 57.8 Å². The van der Waals surface area contributed by atoms with E-state index < -0.39 is 0 Å². The van der Waals surface area contributed by atoms with Crippen molar-refractivity contribution in [2.24, 2.45) is 4.99 Å². The Hall–Kier alpha value is -1.95. The molecule has 1 aromatic rings. The van der Waals surface area contributed by atoms with Gasteiger partial charge in [0.05, 0.1) is 14.2 Å². The number of benzene rings is 1. The molecule has 0 spiro atoms. The maximum atomic E-state index is 5.46. The fourth-order valence-corrected chi connectivity index (χ4v) is 4.10. The van der Waals surface area contributed by atoms with Crippen LogP contribution in [0.2, 0.25) is 0 Å². The first-order chi connectivity index (χ1) is 13.2. The van der Waals surface area contributed by atoms with Gasteiger partial charge in [-0.25, -0.2) is 0 Å². The molecule has 2 aliphatic rings. The molecule has 2 N–H and O–H groups in total. The Kier molecular flexibility index (Phi) is 7.21. The Bertz CT molecular complexity index is 641. The zero-order valence-electron chi connectivity index (χ0n) is 17.0. The minimum Gasteiger partial charge on any atom is -0.493 e. The number of aliphatic imine (C=N–C) groups is 1. The molecule has 1 saturated carbocycles. The molecule has 0 bridgehead atoms. The molecule has 0 aromatic heterocycles. The lowest BCUT2D eigenvalue weighted by molar-refractivity contribution is 0.256. The minimum atomic E-state index is 0.578. The molecule has 1 aliphatic carbocycles. The van der Waals surface area contributed by atoms with Crippen LogP contribution in [0.5, 0.6) is 11.5 Å². The zero-order valence-corrected chi connectivity index (χ0v) is 17.0. The Morgan fingerprint density at radius 1 is 1.11 bits per heavy atom. The fourth-order valence-electron chi connectivity index (χ4n) is 4.10. The Labute approximate surface area is 163 Å². The van der Waals surface area contributed by atoms with Gasteiger partial charge in [0.15, 0.2) is 17.5 Å². The first-order valence-electron chi connectivity index (χ1n) is 10.2. The van der Waals surface area contributed by atoms with E-state index in [9.17, 15) is 0 Å². The van der Waals surface area contributed by atoms with Gasteiger partial charge in [0.1, 0.15) is 0 Å². The summed E-state index contributed by atoms with van der Waals surface area (Å²) in [5, 5.41) is 7.06. The van der Waals surface area contributed by atoms with Gasteiger partial charge >= 0.3 is 0 Å². The van der Waals surface area contributed by atoms with Crippen molar-refractivity contribution in [3.05, 3.63) is 23.3 Å². The maximum absolute atomic E-state index is 5.46. The molecule has 0 radical (unpaired) electrons. The van der Waals surface area contributed by atoms with Crippen LogP contribution in [0.1, 0.15) is 43.2 Å². The van der Waals surface area contributed by atoms with Crippen LogP contribution < -0.4 is 20.1 Å². The van der Waals surface area contributed by atoms with Crippen LogP contribution in [0, 0.1) is 0 Å².